The van der Waals surface area contributed by atoms with Crippen molar-refractivity contribution in [1.82, 2.24) is 24.8 Å². The highest BCUT2D eigenvalue weighted by Crippen LogP contribution is 2.25. The summed E-state index contributed by atoms with van der Waals surface area (Å²) in [6.45, 7) is 9.83. The van der Waals surface area contributed by atoms with E-state index in [-0.39, 0.29) is 11.9 Å². The second-order valence-corrected chi connectivity index (χ2v) is 9.75. The zero-order chi connectivity index (χ0) is 22.1. The van der Waals surface area contributed by atoms with Gasteiger partial charge >= 0.3 is 0 Å². The first kappa shape index (κ1) is 21.3. The number of thiophene rings is 1. The molecule has 0 bridgehead atoms. The molecule has 0 saturated carbocycles. The summed E-state index contributed by atoms with van der Waals surface area (Å²) in [7, 11) is 0. The Kier molecular flexibility index (Phi) is 6.08. The van der Waals surface area contributed by atoms with Crippen LogP contribution >= 0.6 is 11.3 Å². The largest absolute Gasteiger partial charge is 0.338 e. The Morgan fingerprint density at radius 1 is 1.12 bits per heavy atom. The van der Waals surface area contributed by atoms with E-state index in [1.165, 1.54) is 16.0 Å². The average Bonchev–Trinajstić information content (AvgIpc) is 3.48. The highest BCUT2D eigenvalue weighted by atomic mass is 32.1. The molecule has 168 valence electrons. The average molecular weight is 452 g/mol. The molecule has 1 unspecified atom stereocenters. The number of aromatic nitrogens is 2. The van der Waals surface area contributed by atoms with Gasteiger partial charge in [0.15, 0.2) is 0 Å². The van der Waals surface area contributed by atoms with E-state index < -0.39 is 0 Å². The second-order valence-electron chi connectivity index (χ2n) is 8.74. The van der Waals surface area contributed by atoms with Crippen molar-refractivity contribution in [3.63, 3.8) is 0 Å². The van der Waals surface area contributed by atoms with E-state index in [4.69, 9.17) is 4.52 Å². The van der Waals surface area contributed by atoms with Crippen molar-refractivity contribution in [2.75, 3.05) is 32.7 Å². The molecule has 0 N–H and O–H groups in total. The maximum atomic E-state index is 13.1. The molecule has 7 nitrogen and oxygen atoms in total. The Balaban J connectivity index is 1.13. The molecular weight excluding hydrogens is 422 g/mol. The molecule has 32 heavy (non-hydrogen) atoms. The molecule has 5 rings (SSSR count). The molecule has 1 atom stereocenters. The number of hydrogen-bond donors (Lipinski definition) is 0. The number of benzene rings is 1. The van der Waals surface area contributed by atoms with E-state index in [0.29, 0.717) is 18.3 Å². The van der Waals surface area contributed by atoms with Crippen molar-refractivity contribution in [2.45, 2.75) is 39.4 Å². The summed E-state index contributed by atoms with van der Waals surface area (Å²) in [4.78, 5) is 25.7. The molecule has 8 heteroatoms. The number of hydrogen-bond acceptors (Lipinski definition) is 7. The van der Waals surface area contributed by atoms with Crippen LogP contribution < -0.4 is 0 Å². The van der Waals surface area contributed by atoms with Gasteiger partial charge in [0.1, 0.15) is 0 Å². The minimum absolute atomic E-state index is 0.0890. The van der Waals surface area contributed by atoms with E-state index in [0.717, 1.165) is 51.3 Å². The molecule has 0 spiro atoms. The van der Waals surface area contributed by atoms with Crippen LogP contribution in [0.4, 0.5) is 0 Å². The van der Waals surface area contributed by atoms with Gasteiger partial charge < -0.3 is 9.42 Å². The van der Waals surface area contributed by atoms with Crippen LogP contribution in [0, 0.1) is 6.92 Å². The van der Waals surface area contributed by atoms with Gasteiger partial charge in [0, 0.05) is 49.7 Å². The van der Waals surface area contributed by atoms with Gasteiger partial charge in [0.2, 0.25) is 17.6 Å². The van der Waals surface area contributed by atoms with E-state index in [1.54, 1.807) is 11.3 Å². The third-order valence-electron chi connectivity index (χ3n) is 6.57. The zero-order valence-electron chi connectivity index (χ0n) is 18.7. The number of amides is 1. The van der Waals surface area contributed by atoms with Crippen LogP contribution in [0.25, 0.3) is 11.4 Å². The van der Waals surface area contributed by atoms with Crippen molar-refractivity contribution in [1.29, 1.82) is 0 Å². The molecule has 1 fully saturated rings. The quantitative estimate of drug-likeness (QED) is 0.594. The molecular formula is C24H29N5O2S. The fourth-order valence-electron chi connectivity index (χ4n) is 4.50. The molecule has 0 radical (unpaired) electrons. The van der Waals surface area contributed by atoms with Gasteiger partial charge in [0.25, 0.3) is 0 Å². The lowest BCUT2D eigenvalue weighted by Crippen LogP contribution is -2.54. The molecule has 2 aromatic heterocycles. The molecule has 3 aromatic rings. The number of piperazine rings is 1. The third kappa shape index (κ3) is 4.48. The maximum absolute atomic E-state index is 13.1. The van der Waals surface area contributed by atoms with Gasteiger partial charge in [0.05, 0.1) is 12.6 Å². The summed E-state index contributed by atoms with van der Waals surface area (Å²) < 4.78 is 5.49. The van der Waals surface area contributed by atoms with Crippen LogP contribution in [-0.2, 0) is 24.3 Å². The number of carbonyl (C=O) groups is 1. The summed E-state index contributed by atoms with van der Waals surface area (Å²) in [6, 6.07) is 10.2. The SMILES string of the molecule is Cc1ccc(-c2noc(CN3CCN(C(C)C(=O)N4CCc5sccc5C4)CC3)n2)cc1. The molecule has 2 aliphatic rings. The summed E-state index contributed by atoms with van der Waals surface area (Å²) in [6.07, 6.45) is 0.980. The Labute approximate surface area is 192 Å². The summed E-state index contributed by atoms with van der Waals surface area (Å²) in [5, 5.41) is 6.27. The molecule has 1 amide bonds. The van der Waals surface area contributed by atoms with Crippen LogP contribution in [0.1, 0.15) is 28.8 Å². The van der Waals surface area contributed by atoms with Gasteiger partial charge in [-0.2, -0.15) is 4.98 Å². The van der Waals surface area contributed by atoms with Crippen LogP contribution in [0.5, 0.6) is 0 Å². The van der Waals surface area contributed by atoms with Gasteiger partial charge in [-0.15, -0.1) is 11.3 Å². The lowest BCUT2D eigenvalue weighted by atomic mass is 10.1. The molecule has 1 aromatic carbocycles. The van der Waals surface area contributed by atoms with Crippen LogP contribution in [0.15, 0.2) is 40.2 Å². The van der Waals surface area contributed by atoms with Crippen molar-refractivity contribution >= 4 is 17.2 Å². The molecule has 2 aliphatic heterocycles. The summed E-state index contributed by atoms with van der Waals surface area (Å²) in [5.41, 5.74) is 3.49. The molecule has 1 saturated heterocycles. The van der Waals surface area contributed by atoms with Crippen molar-refractivity contribution in [3.8, 4) is 11.4 Å². The van der Waals surface area contributed by atoms with Crippen molar-refractivity contribution in [2.24, 2.45) is 0 Å². The number of aryl methyl sites for hydroxylation is 1. The number of rotatable bonds is 5. The Morgan fingerprint density at radius 3 is 2.69 bits per heavy atom. The van der Waals surface area contributed by atoms with Crippen molar-refractivity contribution < 1.29 is 9.32 Å². The zero-order valence-corrected chi connectivity index (χ0v) is 19.5. The van der Waals surface area contributed by atoms with Crippen molar-refractivity contribution in [3.05, 3.63) is 57.6 Å². The molecule has 4 heterocycles. The van der Waals surface area contributed by atoms with Gasteiger partial charge in [-0.05, 0) is 37.3 Å². The summed E-state index contributed by atoms with van der Waals surface area (Å²) >= 11 is 1.81. The Hall–Kier alpha value is -2.55. The van der Waals surface area contributed by atoms with Crippen LogP contribution in [0.2, 0.25) is 0 Å². The third-order valence-corrected chi connectivity index (χ3v) is 7.59. The minimum Gasteiger partial charge on any atom is -0.338 e. The number of carbonyl (C=O) groups excluding carboxylic acids is 1. The van der Waals surface area contributed by atoms with E-state index >= 15 is 0 Å². The van der Waals surface area contributed by atoms with Gasteiger partial charge in [-0.1, -0.05) is 35.0 Å². The van der Waals surface area contributed by atoms with Crippen LogP contribution in [0.3, 0.4) is 0 Å². The van der Waals surface area contributed by atoms with Crippen LogP contribution in [-0.4, -0.2) is 69.5 Å². The lowest BCUT2D eigenvalue weighted by Gasteiger charge is -2.39. The normalized spacial score (nSPS) is 18.5. The fraction of sp³-hybridized carbons (Fsp3) is 0.458. The minimum atomic E-state index is -0.0890. The predicted molar refractivity (Wildman–Crippen MR) is 124 cm³/mol. The number of fused-ring (bicyclic) bond motifs is 1. The predicted octanol–water partition coefficient (Wildman–Crippen LogP) is 3.20. The molecule has 0 aliphatic carbocycles. The monoisotopic (exact) mass is 451 g/mol. The Morgan fingerprint density at radius 2 is 1.91 bits per heavy atom. The van der Waals surface area contributed by atoms with E-state index in [1.807, 2.05) is 24.0 Å². The first-order valence-corrected chi connectivity index (χ1v) is 12.1. The number of nitrogens with zero attached hydrogens (tertiary/aromatic N) is 5. The Bertz CT molecular complexity index is 1070. The first-order valence-electron chi connectivity index (χ1n) is 11.3. The fourth-order valence-corrected chi connectivity index (χ4v) is 5.39. The lowest BCUT2D eigenvalue weighted by molar-refractivity contribution is -0.138. The first-order chi connectivity index (χ1) is 15.6. The standard InChI is InChI=1S/C24H29N5O2S/c1-17-3-5-19(6-4-17)23-25-22(31-26-23)16-27-10-12-28(13-11-27)18(2)24(30)29-9-7-21-20(15-29)8-14-32-21/h3-6,8,14,18H,7,9-13,15-16H2,1-2H3. The van der Waals surface area contributed by atoms with Gasteiger partial charge in [-0.25, -0.2) is 0 Å². The highest BCUT2D eigenvalue weighted by Gasteiger charge is 2.31. The smallest absolute Gasteiger partial charge is 0.241 e. The van der Waals surface area contributed by atoms with E-state index in [2.05, 4.69) is 50.4 Å². The topological polar surface area (TPSA) is 65.7 Å². The van der Waals surface area contributed by atoms with Gasteiger partial charge in [-0.3, -0.25) is 14.6 Å². The maximum Gasteiger partial charge on any atom is 0.241 e. The second kappa shape index (κ2) is 9.13. The highest BCUT2D eigenvalue weighted by molar-refractivity contribution is 7.10. The van der Waals surface area contributed by atoms with E-state index in [9.17, 15) is 4.79 Å². The summed E-state index contributed by atoms with van der Waals surface area (Å²) in [5.74, 6) is 1.51.